The molecule has 7 heteroatoms. The number of fused-ring (bicyclic) bond motifs is 1. The number of rotatable bonds is 3. The fourth-order valence-corrected chi connectivity index (χ4v) is 3.30. The molecule has 0 bridgehead atoms. The third-order valence-electron chi connectivity index (χ3n) is 4.70. The second-order valence-corrected chi connectivity index (χ2v) is 6.60. The number of nitrogens with zero attached hydrogens (tertiary/aromatic N) is 3. The number of carbonyl (C=O) groups excluding carboxylic acids is 1. The van der Waals surface area contributed by atoms with E-state index in [0.717, 1.165) is 35.4 Å². The summed E-state index contributed by atoms with van der Waals surface area (Å²) >= 11 is 0. The lowest BCUT2D eigenvalue weighted by molar-refractivity contribution is 0.0616. The average Bonchev–Trinajstić information content (AvgIpc) is 3.06. The minimum atomic E-state index is -0.340. The lowest BCUT2D eigenvalue weighted by Gasteiger charge is -2.34. The van der Waals surface area contributed by atoms with Gasteiger partial charge in [0.1, 0.15) is 5.56 Å². The molecule has 0 aliphatic carbocycles. The third-order valence-corrected chi connectivity index (χ3v) is 4.70. The van der Waals surface area contributed by atoms with Crippen LogP contribution in [0.2, 0.25) is 0 Å². The summed E-state index contributed by atoms with van der Waals surface area (Å²) in [4.78, 5) is 31.8. The number of para-hydroxylation sites is 1. The Morgan fingerprint density at radius 2 is 1.96 bits per heavy atom. The van der Waals surface area contributed by atoms with Gasteiger partial charge in [0.25, 0.3) is 11.5 Å². The monoisotopic (exact) mass is 352 g/mol. The zero-order valence-corrected chi connectivity index (χ0v) is 14.6. The fourth-order valence-electron chi connectivity index (χ4n) is 3.30. The first-order valence-corrected chi connectivity index (χ1v) is 8.66. The molecule has 1 fully saturated rings. The zero-order chi connectivity index (χ0) is 18.1. The van der Waals surface area contributed by atoms with Crippen LogP contribution in [-0.2, 0) is 6.54 Å². The maximum Gasteiger partial charge on any atom is 0.261 e. The van der Waals surface area contributed by atoms with Crippen LogP contribution in [0.5, 0.6) is 0 Å². The quantitative estimate of drug-likeness (QED) is 0.777. The third kappa shape index (κ3) is 3.25. The maximum absolute atomic E-state index is 12.8. The molecule has 0 unspecified atom stereocenters. The van der Waals surface area contributed by atoms with Gasteiger partial charge in [-0.25, -0.2) is 0 Å². The van der Waals surface area contributed by atoms with Gasteiger partial charge in [-0.3, -0.25) is 14.5 Å². The Morgan fingerprint density at radius 1 is 1.19 bits per heavy atom. The minimum Gasteiger partial charge on any atom is -0.360 e. The van der Waals surface area contributed by atoms with E-state index in [1.54, 1.807) is 11.0 Å². The standard InChI is InChI=1S/C19H20N4O3/c1-13-10-15(26-21-13)12-22-6-8-23(9-7-22)19(25)16-11-14-4-2-3-5-17(14)20-18(16)24/h2-5,10-11H,6-9,12H2,1H3,(H,20,24). The first-order chi connectivity index (χ1) is 12.6. The molecule has 26 heavy (non-hydrogen) atoms. The topological polar surface area (TPSA) is 82.4 Å². The first-order valence-electron chi connectivity index (χ1n) is 8.66. The van der Waals surface area contributed by atoms with Gasteiger partial charge in [-0.2, -0.15) is 0 Å². The summed E-state index contributed by atoms with van der Waals surface area (Å²) in [6.45, 7) is 5.20. The second kappa shape index (κ2) is 6.76. The summed E-state index contributed by atoms with van der Waals surface area (Å²) in [6, 6.07) is 11.1. The molecule has 3 heterocycles. The van der Waals surface area contributed by atoms with Crippen molar-refractivity contribution in [1.82, 2.24) is 19.9 Å². The molecule has 1 N–H and O–H groups in total. The van der Waals surface area contributed by atoms with Gasteiger partial charge in [0, 0.05) is 37.8 Å². The van der Waals surface area contributed by atoms with Gasteiger partial charge in [0.15, 0.2) is 5.76 Å². The van der Waals surface area contributed by atoms with Crippen LogP contribution in [0.4, 0.5) is 0 Å². The molecule has 3 aromatic rings. The number of nitrogens with one attached hydrogen (secondary N) is 1. The van der Waals surface area contributed by atoms with Crippen molar-refractivity contribution in [2.45, 2.75) is 13.5 Å². The molecule has 0 spiro atoms. The molecule has 7 nitrogen and oxygen atoms in total. The molecular weight excluding hydrogens is 332 g/mol. The largest absolute Gasteiger partial charge is 0.360 e. The van der Waals surface area contributed by atoms with E-state index >= 15 is 0 Å². The van der Waals surface area contributed by atoms with Gasteiger partial charge in [-0.05, 0) is 24.4 Å². The van der Waals surface area contributed by atoms with Crippen LogP contribution in [0, 0.1) is 6.92 Å². The Labute approximate surface area is 150 Å². The fraction of sp³-hybridized carbons (Fsp3) is 0.316. The molecule has 1 aliphatic heterocycles. The van der Waals surface area contributed by atoms with E-state index in [1.807, 2.05) is 37.3 Å². The van der Waals surface area contributed by atoms with E-state index in [1.165, 1.54) is 0 Å². The van der Waals surface area contributed by atoms with Gasteiger partial charge in [-0.15, -0.1) is 0 Å². The van der Waals surface area contributed by atoms with E-state index in [0.29, 0.717) is 19.6 Å². The summed E-state index contributed by atoms with van der Waals surface area (Å²) in [5.74, 6) is 0.611. The number of amides is 1. The average molecular weight is 352 g/mol. The highest BCUT2D eigenvalue weighted by Crippen LogP contribution is 2.14. The van der Waals surface area contributed by atoms with E-state index in [2.05, 4.69) is 15.0 Å². The molecule has 0 saturated carbocycles. The van der Waals surface area contributed by atoms with Crippen molar-refractivity contribution in [2.75, 3.05) is 26.2 Å². The minimum absolute atomic E-state index is 0.197. The van der Waals surface area contributed by atoms with E-state index in [-0.39, 0.29) is 17.0 Å². The van der Waals surface area contributed by atoms with Crippen LogP contribution in [-0.4, -0.2) is 52.0 Å². The van der Waals surface area contributed by atoms with Gasteiger partial charge in [-0.1, -0.05) is 23.4 Å². The van der Waals surface area contributed by atoms with Crippen LogP contribution in [0.15, 0.2) is 45.7 Å². The van der Waals surface area contributed by atoms with E-state index < -0.39 is 0 Å². The van der Waals surface area contributed by atoms with Crippen LogP contribution >= 0.6 is 0 Å². The number of aromatic nitrogens is 2. The number of aryl methyl sites for hydroxylation is 1. The molecule has 1 aliphatic rings. The molecule has 2 aromatic heterocycles. The number of hydrogen-bond acceptors (Lipinski definition) is 5. The predicted octanol–water partition coefficient (Wildman–Crippen LogP) is 1.78. The molecule has 4 rings (SSSR count). The summed E-state index contributed by atoms with van der Waals surface area (Å²) in [5, 5.41) is 4.75. The molecule has 1 saturated heterocycles. The number of carbonyl (C=O) groups is 1. The van der Waals surface area contributed by atoms with Crippen LogP contribution in [0.1, 0.15) is 21.8 Å². The molecule has 1 amide bonds. The number of benzene rings is 1. The van der Waals surface area contributed by atoms with Crippen molar-refractivity contribution in [1.29, 1.82) is 0 Å². The van der Waals surface area contributed by atoms with E-state index in [4.69, 9.17) is 4.52 Å². The Morgan fingerprint density at radius 3 is 2.69 bits per heavy atom. The van der Waals surface area contributed by atoms with Gasteiger partial charge in [0.05, 0.1) is 12.2 Å². The van der Waals surface area contributed by atoms with Crippen LogP contribution in [0.25, 0.3) is 10.9 Å². The summed E-state index contributed by atoms with van der Waals surface area (Å²) < 4.78 is 5.25. The Kier molecular flexibility index (Phi) is 4.30. The Bertz CT molecular complexity index is 999. The van der Waals surface area contributed by atoms with Gasteiger partial charge in [0.2, 0.25) is 0 Å². The molecule has 0 radical (unpaired) electrons. The highest BCUT2D eigenvalue weighted by atomic mass is 16.5. The number of pyridine rings is 1. The summed E-state index contributed by atoms with van der Waals surface area (Å²) in [5.41, 5.74) is 1.46. The number of H-pyrrole nitrogens is 1. The van der Waals surface area contributed by atoms with Crippen LogP contribution in [0.3, 0.4) is 0 Å². The Balaban J connectivity index is 1.45. The van der Waals surface area contributed by atoms with Crippen molar-refractivity contribution in [3.8, 4) is 0 Å². The van der Waals surface area contributed by atoms with Crippen molar-refractivity contribution < 1.29 is 9.32 Å². The van der Waals surface area contributed by atoms with Gasteiger partial charge < -0.3 is 14.4 Å². The number of aromatic amines is 1. The van der Waals surface area contributed by atoms with Crippen molar-refractivity contribution in [2.24, 2.45) is 0 Å². The van der Waals surface area contributed by atoms with Crippen LogP contribution < -0.4 is 5.56 Å². The summed E-state index contributed by atoms with van der Waals surface area (Å²) in [6.07, 6.45) is 0. The highest BCUT2D eigenvalue weighted by Gasteiger charge is 2.24. The number of piperazine rings is 1. The van der Waals surface area contributed by atoms with Crippen molar-refractivity contribution >= 4 is 16.8 Å². The van der Waals surface area contributed by atoms with Crippen molar-refractivity contribution in [3.05, 3.63) is 63.8 Å². The van der Waals surface area contributed by atoms with Crippen molar-refractivity contribution in [3.63, 3.8) is 0 Å². The Hall–Kier alpha value is -2.93. The lowest BCUT2D eigenvalue weighted by Crippen LogP contribution is -2.49. The van der Waals surface area contributed by atoms with Gasteiger partial charge >= 0.3 is 0 Å². The zero-order valence-electron chi connectivity index (χ0n) is 14.6. The molecule has 0 atom stereocenters. The van der Waals surface area contributed by atoms with E-state index in [9.17, 15) is 9.59 Å². The molecule has 134 valence electrons. The second-order valence-electron chi connectivity index (χ2n) is 6.60. The maximum atomic E-state index is 12.8. The smallest absolute Gasteiger partial charge is 0.261 e. The molecule has 1 aromatic carbocycles. The predicted molar refractivity (Wildman–Crippen MR) is 97.0 cm³/mol. The highest BCUT2D eigenvalue weighted by molar-refractivity contribution is 5.97. The SMILES string of the molecule is Cc1cc(CN2CCN(C(=O)c3cc4ccccc4[nH]c3=O)CC2)on1. The first kappa shape index (κ1) is 16.5. The number of hydrogen-bond donors (Lipinski definition) is 1. The summed E-state index contributed by atoms with van der Waals surface area (Å²) in [7, 11) is 0. The normalized spacial score (nSPS) is 15.5. The molecular formula is C19H20N4O3. The lowest BCUT2D eigenvalue weighted by atomic mass is 10.1.